The highest BCUT2D eigenvalue weighted by Gasteiger charge is 2.23. The van der Waals surface area contributed by atoms with Crippen LogP contribution in [-0.4, -0.2) is 53.4 Å². The third-order valence-corrected chi connectivity index (χ3v) is 9.43. The molecule has 2 fully saturated rings. The molecule has 6 rings (SSSR count). The minimum Gasteiger partial charge on any atom is -0.508 e. The van der Waals surface area contributed by atoms with Gasteiger partial charge in [-0.15, -0.1) is 11.3 Å². The van der Waals surface area contributed by atoms with E-state index >= 15 is 0 Å². The molecule has 1 N–H and O–H groups in total. The molecule has 0 amide bonds. The lowest BCUT2D eigenvalue weighted by molar-refractivity contribution is 0.104. The summed E-state index contributed by atoms with van der Waals surface area (Å²) in [7, 11) is 0. The van der Waals surface area contributed by atoms with Gasteiger partial charge in [-0.1, -0.05) is 36.4 Å². The van der Waals surface area contributed by atoms with Gasteiger partial charge in [-0.25, -0.2) is 0 Å². The van der Waals surface area contributed by atoms with Crippen molar-refractivity contribution in [3.05, 3.63) is 88.5 Å². The number of rotatable bonds is 8. The fraction of sp³-hybridized carbons (Fsp3) is 0.364. The molecule has 3 aromatic carbocycles. The number of nitrogens with zero attached hydrogens (tertiary/aromatic N) is 2. The Bertz CT molecular complexity index is 1440. The standard InChI is InChI=1S/C33H36N2O2S/c1-23-20-26(10-11-27(23)22-35-17-4-5-18-35)32(37)31-29-13-12-28(36)21-30(29)38-33(31)25-8-6-24(7-9-25)14-19-34-15-2-3-16-34/h6-13,20-21,36H,2-5,14-19,22H2,1H3. The molecule has 3 heterocycles. The van der Waals surface area contributed by atoms with E-state index in [2.05, 4.69) is 53.1 Å². The summed E-state index contributed by atoms with van der Waals surface area (Å²) < 4.78 is 0.934. The summed E-state index contributed by atoms with van der Waals surface area (Å²) in [5.41, 5.74) is 6.32. The normalized spacial score (nSPS) is 16.6. The smallest absolute Gasteiger partial charge is 0.195 e. The van der Waals surface area contributed by atoms with E-state index in [-0.39, 0.29) is 11.5 Å². The predicted octanol–water partition coefficient (Wildman–Crippen LogP) is 7.05. The van der Waals surface area contributed by atoms with Crippen LogP contribution in [0.2, 0.25) is 0 Å². The highest BCUT2D eigenvalue weighted by atomic mass is 32.1. The Kier molecular flexibility index (Phi) is 7.33. The number of aryl methyl sites for hydroxylation is 1. The zero-order chi connectivity index (χ0) is 26.1. The highest BCUT2D eigenvalue weighted by molar-refractivity contribution is 7.22. The van der Waals surface area contributed by atoms with Crippen molar-refractivity contribution >= 4 is 27.2 Å². The lowest BCUT2D eigenvalue weighted by atomic mass is 9.95. The Morgan fingerprint density at radius 1 is 0.868 bits per heavy atom. The summed E-state index contributed by atoms with van der Waals surface area (Å²) in [6, 6.07) is 20.3. The van der Waals surface area contributed by atoms with Crippen molar-refractivity contribution in [2.75, 3.05) is 32.7 Å². The number of phenolic OH excluding ortho intramolecular Hbond substituents is 1. The van der Waals surface area contributed by atoms with Gasteiger partial charge < -0.3 is 10.0 Å². The molecule has 2 aliphatic heterocycles. The number of hydrogen-bond donors (Lipinski definition) is 1. The molecule has 2 aliphatic rings. The fourth-order valence-electron chi connectivity index (χ4n) is 5.97. The van der Waals surface area contributed by atoms with Crippen molar-refractivity contribution in [1.29, 1.82) is 0 Å². The van der Waals surface area contributed by atoms with Gasteiger partial charge in [-0.05, 0) is 112 Å². The summed E-state index contributed by atoms with van der Waals surface area (Å²) in [6.45, 7) is 8.94. The maximum Gasteiger partial charge on any atom is 0.195 e. The molecular weight excluding hydrogens is 488 g/mol. The van der Waals surface area contributed by atoms with Gasteiger partial charge in [0.1, 0.15) is 5.75 Å². The first-order valence-electron chi connectivity index (χ1n) is 14.0. The van der Waals surface area contributed by atoms with Crippen molar-refractivity contribution in [2.45, 2.75) is 45.6 Å². The van der Waals surface area contributed by atoms with E-state index in [9.17, 15) is 9.90 Å². The molecule has 2 saturated heterocycles. The second-order valence-electron chi connectivity index (χ2n) is 10.9. The molecule has 0 atom stereocenters. The molecule has 0 bridgehead atoms. The Morgan fingerprint density at radius 3 is 2.29 bits per heavy atom. The molecule has 1 aromatic heterocycles. The van der Waals surface area contributed by atoms with Crippen molar-refractivity contribution in [3.63, 3.8) is 0 Å². The van der Waals surface area contributed by atoms with Gasteiger partial charge in [-0.2, -0.15) is 0 Å². The Balaban J connectivity index is 1.31. The summed E-state index contributed by atoms with van der Waals surface area (Å²) in [5.74, 6) is 0.273. The van der Waals surface area contributed by atoms with E-state index in [1.54, 1.807) is 23.5 Å². The highest BCUT2D eigenvalue weighted by Crippen LogP contribution is 2.41. The third kappa shape index (κ3) is 5.28. The molecule has 4 aromatic rings. The molecule has 0 saturated carbocycles. The molecular formula is C33H36N2O2S. The molecule has 4 nitrogen and oxygen atoms in total. The number of benzene rings is 3. The lowest BCUT2D eigenvalue weighted by Gasteiger charge is -2.17. The number of carbonyl (C=O) groups is 1. The van der Waals surface area contributed by atoms with Gasteiger partial charge in [0, 0.05) is 39.2 Å². The Morgan fingerprint density at radius 2 is 1.58 bits per heavy atom. The van der Waals surface area contributed by atoms with E-state index < -0.39 is 0 Å². The van der Waals surface area contributed by atoms with E-state index in [1.165, 1.54) is 55.5 Å². The number of ketones is 1. The van der Waals surface area contributed by atoms with Gasteiger partial charge in [0.15, 0.2) is 5.78 Å². The van der Waals surface area contributed by atoms with Crippen LogP contribution < -0.4 is 0 Å². The summed E-state index contributed by atoms with van der Waals surface area (Å²) in [6.07, 6.45) is 6.24. The van der Waals surface area contributed by atoms with E-state index in [4.69, 9.17) is 0 Å². The number of hydrogen-bond acceptors (Lipinski definition) is 5. The summed E-state index contributed by atoms with van der Waals surface area (Å²) >= 11 is 1.59. The summed E-state index contributed by atoms with van der Waals surface area (Å²) in [5, 5.41) is 11.0. The van der Waals surface area contributed by atoms with Crippen LogP contribution in [0.1, 0.15) is 58.3 Å². The average Bonchev–Trinajstić information content (AvgIpc) is 3.70. The van der Waals surface area contributed by atoms with Crippen LogP contribution >= 0.6 is 11.3 Å². The van der Waals surface area contributed by atoms with Crippen molar-refractivity contribution in [1.82, 2.24) is 9.80 Å². The fourth-order valence-corrected chi connectivity index (χ4v) is 7.21. The molecule has 5 heteroatoms. The van der Waals surface area contributed by atoms with Crippen molar-refractivity contribution < 1.29 is 9.90 Å². The second kappa shape index (κ2) is 11.0. The number of fused-ring (bicyclic) bond motifs is 1. The average molecular weight is 525 g/mol. The Hall–Kier alpha value is -2.99. The first-order valence-corrected chi connectivity index (χ1v) is 14.8. The van der Waals surface area contributed by atoms with E-state index in [0.717, 1.165) is 64.3 Å². The molecule has 0 spiro atoms. The first kappa shape index (κ1) is 25.3. The van der Waals surface area contributed by atoms with Gasteiger partial charge in [0.25, 0.3) is 0 Å². The van der Waals surface area contributed by atoms with Crippen LogP contribution in [0.25, 0.3) is 20.5 Å². The minimum atomic E-state index is 0.0471. The van der Waals surface area contributed by atoms with Gasteiger partial charge in [0.2, 0.25) is 0 Å². The molecule has 0 unspecified atom stereocenters. The zero-order valence-electron chi connectivity index (χ0n) is 22.2. The number of carbonyl (C=O) groups excluding carboxylic acids is 1. The Labute approximate surface area is 229 Å². The molecule has 196 valence electrons. The van der Waals surface area contributed by atoms with Gasteiger partial charge >= 0.3 is 0 Å². The topological polar surface area (TPSA) is 43.8 Å². The largest absolute Gasteiger partial charge is 0.508 e. The molecule has 0 aliphatic carbocycles. The van der Waals surface area contributed by atoms with Crippen LogP contribution in [0.4, 0.5) is 0 Å². The van der Waals surface area contributed by atoms with Gasteiger partial charge in [0.05, 0.1) is 0 Å². The molecule has 0 radical (unpaired) electrons. The number of thiophene rings is 1. The van der Waals surface area contributed by atoms with Crippen LogP contribution in [0.15, 0.2) is 60.7 Å². The first-order chi connectivity index (χ1) is 18.5. The maximum atomic E-state index is 14.1. The van der Waals surface area contributed by atoms with Crippen LogP contribution in [0, 0.1) is 6.92 Å². The number of likely N-dealkylation sites (tertiary alicyclic amines) is 2. The number of aromatic hydroxyl groups is 1. The zero-order valence-corrected chi connectivity index (χ0v) is 23.0. The summed E-state index contributed by atoms with van der Waals surface area (Å²) in [4.78, 5) is 20.1. The third-order valence-electron chi connectivity index (χ3n) is 8.23. The monoisotopic (exact) mass is 524 g/mol. The molecule has 38 heavy (non-hydrogen) atoms. The van der Waals surface area contributed by atoms with Crippen LogP contribution in [-0.2, 0) is 13.0 Å². The lowest BCUT2D eigenvalue weighted by Crippen LogP contribution is -2.21. The SMILES string of the molecule is Cc1cc(C(=O)c2c(-c3ccc(CCN4CCCC4)cc3)sc3cc(O)ccc23)ccc1CN1CCCC1. The quantitative estimate of drug-likeness (QED) is 0.251. The van der Waals surface area contributed by atoms with Crippen LogP contribution in [0.5, 0.6) is 5.75 Å². The predicted molar refractivity (Wildman–Crippen MR) is 157 cm³/mol. The van der Waals surface area contributed by atoms with E-state index in [1.807, 2.05) is 12.1 Å². The minimum absolute atomic E-state index is 0.0471. The van der Waals surface area contributed by atoms with Gasteiger partial charge in [-0.3, -0.25) is 9.69 Å². The number of phenols is 1. The van der Waals surface area contributed by atoms with Crippen molar-refractivity contribution in [3.8, 4) is 16.2 Å². The van der Waals surface area contributed by atoms with E-state index in [0.29, 0.717) is 0 Å². The van der Waals surface area contributed by atoms with Crippen molar-refractivity contribution in [2.24, 2.45) is 0 Å². The maximum absolute atomic E-state index is 14.1. The second-order valence-corrected chi connectivity index (χ2v) is 12.0. The van der Waals surface area contributed by atoms with Crippen LogP contribution in [0.3, 0.4) is 0 Å².